The lowest BCUT2D eigenvalue weighted by molar-refractivity contribution is -0.206. The Morgan fingerprint density at radius 1 is 0.830 bits per heavy atom. The van der Waals surface area contributed by atoms with Crippen molar-refractivity contribution in [1.82, 2.24) is 15.5 Å². The van der Waals surface area contributed by atoms with Crippen molar-refractivity contribution in [2.75, 3.05) is 26.7 Å². The van der Waals surface area contributed by atoms with Gasteiger partial charge in [-0.15, -0.1) is 0 Å². The molecule has 1 saturated heterocycles. The Bertz CT molecular complexity index is 1670. The highest BCUT2D eigenvalue weighted by Gasteiger charge is 2.74. The van der Waals surface area contributed by atoms with Gasteiger partial charge < -0.3 is 43.8 Å². The van der Waals surface area contributed by atoms with Gasteiger partial charge in [0.05, 0.1) is 24.3 Å². The molecule has 2 aliphatic heterocycles. The van der Waals surface area contributed by atoms with Crippen LogP contribution in [0.3, 0.4) is 0 Å². The van der Waals surface area contributed by atoms with Gasteiger partial charge >= 0.3 is 30.3 Å². The largest absolute Gasteiger partial charge is 0.514 e. The van der Waals surface area contributed by atoms with Crippen LogP contribution in [0.15, 0.2) is 24.0 Å². The molecular weight excluding hydrogens is 690 g/mol. The molecule has 1 aromatic carbocycles. The molecule has 0 aromatic heterocycles. The lowest BCUT2D eigenvalue weighted by Crippen LogP contribution is -2.75. The number of ether oxygens (including phenoxy) is 7. The van der Waals surface area contributed by atoms with Crippen LogP contribution in [0.4, 0.5) is 14.4 Å². The van der Waals surface area contributed by atoms with Gasteiger partial charge in [-0.05, 0) is 106 Å². The summed E-state index contributed by atoms with van der Waals surface area (Å²) in [5.74, 6) is -0.538. The van der Waals surface area contributed by atoms with E-state index in [9.17, 15) is 24.0 Å². The molecule has 4 aliphatic rings. The Kier molecular flexibility index (Phi) is 10.8. The van der Waals surface area contributed by atoms with Crippen LogP contribution in [0, 0.1) is 0 Å². The van der Waals surface area contributed by atoms with Crippen molar-refractivity contribution in [2.45, 2.75) is 134 Å². The number of piperidine rings is 1. The van der Waals surface area contributed by atoms with Gasteiger partial charge in [0, 0.05) is 25.1 Å². The van der Waals surface area contributed by atoms with Gasteiger partial charge in [-0.25, -0.2) is 14.4 Å². The van der Waals surface area contributed by atoms with Crippen LogP contribution in [-0.2, 0) is 45.1 Å². The van der Waals surface area contributed by atoms with Crippen LogP contribution < -0.4 is 20.1 Å². The van der Waals surface area contributed by atoms with Gasteiger partial charge in [-0.1, -0.05) is 6.07 Å². The van der Waals surface area contributed by atoms with E-state index in [-0.39, 0.29) is 55.7 Å². The molecule has 1 aromatic rings. The SMILES string of the molecule is CN1CC[C@]23c4c5ccc(OC(=O)OC(C)(C)C)c4O[C@H]2C(OC(=O)CCNC(=O)OC(C)(C)C)=CC[C@@]3(OC(=O)CCNC(=O)OC(C)(C)C)[C@H]1C5. The minimum absolute atomic E-state index is 0.0109. The average molecular weight is 744 g/mol. The van der Waals surface area contributed by atoms with Gasteiger partial charge in [0.1, 0.15) is 28.2 Å². The van der Waals surface area contributed by atoms with Crippen molar-refractivity contribution < 1.29 is 57.1 Å². The summed E-state index contributed by atoms with van der Waals surface area (Å²) in [5.41, 5.74) is -2.81. The highest BCUT2D eigenvalue weighted by molar-refractivity contribution is 5.76. The third-order valence-electron chi connectivity index (χ3n) is 9.40. The van der Waals surface area contributed by atoms with Crippen molar-refractivity contribution in [1.29, 1.82) is 0 Å². The second-order valence-electron chi connectivity index (χ2n) is 16.9. The van der Waals surface area contributed by atoms with Crippen LogP contribution >= 0.6 is 0 Å². The molecule has 2 aliphatic carbocycles. The number of carbonyl (C=O) groups is 5. The summed E-state index contributed by atoms with van der Waals surface area (Å²) in [4.78, 5) is 66.5. The number of nitrogens with one attached hydrogen (secondary N) is 2. The quantitative estimate of drug-likeness (QED) is 0.192. The number of nitrogens with zero attached hydrogens (tertiary/aromatic N) is 1. The van der Waals surface area contributed by atoms with Crippen molar-refractivity contribution >= 4 is 30.3 Å². The number of esters is 2. The summed E-state index contributed by atoms with van der Waals surface area (Å²) in [6, 6.07) is 3.23. The first kappa shape index (κ1) is 39.7. The minimum Gasteiger partial charge on any atom is -0.477 e. The molecule has 2 heterocycles. The molecule has 53 heavy (non-hydrogen) atoms. The Balaban J connectivity index is 1.47. The normalized spacial score (nSPS) is 24.4. The van der Waals surface area contributed by atoms with Crippen molar-refractivity contribution in [3.8, 4) is 11.5 Å². The van der Waals surface area contributed by atoms with E-state index in [1.54, 1.807) is 74.5 Å². The second kappa shape index (κ2) is 14.4. The van der Waals surface area contributed by atoms with E-state index in [1.165, 1.54) is 0 Å². The summed E-state index contributed by atoms with van der Waals surface area (Å²) in [6.07, 6.45) is -0.622. The second-order valence-corrected chi connectivity index (χ2v) is 16.9. The van der Waals surface area contributed by atoms with E-state index < -0.39 is 64.2 Å². The number of amides is 2. The number of benzene rings is 1. The molecule has 0 saturated carbocycles. The van der Waals surface area contributed by atoms with Crippen LogP contribution in [0.2, 0.25) is 0 Å². The molecular formula is C38H53N3O12. The number of hydrogen-bond donors (Lipinski definition) is 2. The summed E-state index contributed by atoms with van der Waals surface area (Å²) in [7, 11) is 1.98. The highest BCUT2D eigenvalue weighted by Crippen LogP contribution is 2.66. The van der Waals surface area contributed by atoms with Crippen LogP contribution in [0.5, 0.6) is 11.5 Å². The fourth-order valence-electron chi connectivity index (χ4n) is 7.64. The first-order valence-electron chi connectivity index (χ1n) is 18.0. The van der Waals surface area contributed by atoms with Crippen molar-refractivity contribution in [3.05, 3.63) is 35.1 Å². The van der Waals surface area contributed by atoms with Crippen LogP contribution in [-0.4, -0.2) is 96.4 Å². The van der Waals surface area contributed by atoms with E-state index in [1.807, 2.05) is 13.1 Å². The molecule has 1 spiro atoms. The zero-order valence-corrected chi connectivity index (χ0v) is 32.4. The highest BCUT2D eigenvalue weighted by atomic mass is 16.7. The van der Waals surface area contributed by atoms with E-state index in [2.05, 4.69) is 15.5 Å². The first-order chi connectivity index (χ1) is 24.5. The summed E-state index contributed by atoms with van der Waals surface area (Å²) < 4.78 is 41.0. The fraction of sp³-hybridized carbons (Fsp3) is 0.658. The monoisotopic (exact) mass is 743 g/mol. The standard InChI is InChI=1S/C38H53N3O12/c1-34(2,3)51-31(44)39-18-14-26(42)47-24-13-16-38(50-27(43)15-19-40-32(45)52-35(4,5)6)25-21-22-11-12-23(48-33(46)53-36(7,8)9)29-28(22)37(38,30(24)49-29)17-20-41(25)10/h11-13,25,30H,14-21H2,1-10H3,(H,39,44)(H,40,45)/t25-,30+,37+,38-/m1/s1. The predicted molar refractivity (Wildman–Crippen MR) is 189 cm³/mol. The molecule has 2 bridgehead atoms. The number of carbonyl (C=O) groups excluding carboxylic acids is 5. The maximum absolute atomic E-state index is 13.8. The van der Waals surface area contributed by atoms with E-state index >= 15 is 0 Å². The Morgan fingerprint density at radius 3 is 2.00 bits per heavy atom. The lowest BCUT2D eigenvalue weighted by Gasteiger charge is -2.62. The summed E-state index contributed by atoms with van der Waals surface area (Å²) in [5, 5.41) is 5.18. The summed E-state index contributed by atoms with van der Waals surface area (Å²) >= 11 is 0. The van der Waals surface area contributed by atoms with Crippen LogP contribution in [0.1, 0.15) is 99.1 Å². The number of likely N-dealkylation sites (tertiary alicyclic amines) is 1. The smallest absolute Gasteiger partial charge is 0.477 e. The van der Waals surface area contributed by atoms with Crippen molar-refractivity contribution in [3.63, 3.8) is 0 Å². The molecule has 15 heteroatoms. The Labute approximate surface area is 310 Å². The van der Waals surface area contributed by atoms with E-state index in [4.69, 9.17) is 33.2 Å². The van der Waals surface area contributed by atoms with Crippen molar-refractivity contribution in [2.24, 2.45) is 0 Å². The minimum atomic E-state index is -1.19. The predicted octanol–water partition coefficient (Wildman–Crippen LogP) is 5.20. The maximum Gasteiger partial charge on any atom is 0.514 e. The van der Waals surface area contributed by atoms with E-state index in [0.717, 1.165) is 11.1 Å². The third-order valence-corrected chi connectivity index (χ3v) is 9.40. The van der Waals surface area contributed by atoms with Gasteiger partial charge in [-0.3, -0.25) is 14.5 Å². The maximum atomic E-state index is 13.8. The fourth-order valence-corrected chi connectivity index (χ4v) is 7.64. The average Bonchev–Trinajstić information content (AvgIpc) is 3.34. The number of rotatable bonds is 9. The number of likely N-dealkylation sites (N-methyl/N-ethyl adjacent to an activating group) is 1. The lowest BCUT2D eigenvalue weighted by atomic mass is 9.50. The van der Waals surface area contributed by atoms with Gasteiger partial charge in [0.2, 0.25) is 0 Å². The zero-order chi connectivity index (χ0) is 39.1. The number of alkyl carbamates (subject to hydrolysis) is 2. The third kappa shape index (κ3) is 8.50. The molecule has 4 atom stereocenters. The topological polar surface area (TPSA) is 177 Å². The first-order valence-corrected chi connectivity index (χ1v) is 18.0. The molecule has 0 unspecified atom stereocenters. The van der Waals surface area contributed by atoms with Gasteiger partial charge in [0.25, 0.3) is 0 Å². The Hall–Kier alpha value is -4.53. The number of hydrogen-bond acceptors (Lipinski definition) is 13. The molecule has 2 N–H and O–H groups in total. The molecule has 292 valence electrons. The molecule has 2 amide bonds. The zero-order valence-electron chi connectivity index (χ0n) is 32.4. The van der Waals surface area contributed by atoms with E-state index in [0.29, 0.717) is 19.4 Å². The molecule has 15 nitrogen and oxygen atoms in total. The van der Waals surface area contributed by atoms with Gasteiger partial charge in [0.15, 0.2) is 17.6 Å². The molecule has 1 fully saturated rings. The molecule has 5 rings (SSSR count). The Morgan fingerprint density at radius 2 is 1.42 bits per heavy atom. The molecule has 0 radical (unpaired) electrons. The van der Waals surface area contributed by atoms with Gasteiger partial charge in [-0.2, -0.15) is 0 Å². The summed E-state index contributed by atoms with van der Waals surface area (Å²) in [6.45, 7) is 16.2. The van der Waals surface area contributed by atoms with Crippen LogP contribution in [0.25, 0.3) is 0 Å².